The highest BCUT2D eigenvalue weighted by Crippen LogP contribution is 2.20. The number of hydrogen-bond donors (Lipinski definition) is 1. The predicted octanol–water partition coefficient (Wildman–Crippen LogP) is 1.30. The van der Waals surface area contributed by atoms with Crippen molar-refractivity contribution in [1.82, 2.24) is 19.5 Å². The fourth-order valence-corrected chi connectivity index (χ4v) is 2.49. The van der Waals surface area contributed by atoms with E-state index in [9.17, 15) is 4.79 Å². The summed E-state index contributed by atoms with van der Waals surface area (Å²) in [6.07, 6.45) is 8.86. The summed E-state index contributed by atoms with van der Waals surface area (Å²) in [4.78, 5) is 23.4. The molecule has 0 radical (unpaired) electrons. The molecule has 1 aliphatic rings. The first-order valence-electron chi connectivity index (χ1n) is 6.31. The van der Waals surface area contributed by atoms with Gasteiger partial charge in [-0.2, -0.15) is 0 Å². The third-order valence-electron chi connectivity index (χ3n) is 3.46. The van der Waals surface area contributed by atoms with Crippen LogP contribution in [0.1, 0.15) is 40.3 Å². The third kappa shape index (κ3) is 2.21. The van der Waals surface area contributed by atoms with Crippen LogP contribution in [0.4, 0.5) is 0 Å². The van der Waals surface area contributed by atoms with Crippen molar-refractivity contribution in [2.45, 2.75) is 32.2 Å². The molecule has 19 heavy (non-hydrogen) atoms. The SMILES string of the molecule is O=C(O)c1cncnc1Cn1cnc2c1CCCC2. The molecule has 98 valence electrons. The van der Waals surface area contributed by atoms with Gasteiger partial charge in [0.1, 0.15) is 11.9 Å². The predicted molar refractivity (Wildman–Crippen MR) is 67.0 cm³/mol. The number of carboxylic acids is 1. The van der Waals surface area contributed by atoms with Gasteiger partial charge in [0.25, 0.3) is 0 Å². The fraction of sp³-hybridized carbons (Fsp3) is 0.385. The highest BCUT2D eigenvalue weighted by molar-refractivity contribution is 5.88. The molecular formula is C13H14N4O2. The second kappa shape index (κ2) is 4.79. The molecule has 0 spiro atoms. The molecule has 0 aliphatic heterocycles. The first-order valence-corrected chi connectivity index (χ1v) is 6.31. The van der Waals surface area contributed by atoms with Crippen molar-refractivity contribution in [1.29, 1.82) is 0 Å². The van der Waals surface area contributed by atoms with Crippen LogP contribution in [-0.2, 0) is 19.4 Å². The molecule has 0 atom stereocenters. The van der Waals surface area contributed by atoms with Gasteiger partial charge < -0.3 is 9.67 Å². The van der Waals surface area contributed by atoms with Crippen LogP contribution in [0, 0.1) is 0 Å². The fourth-order valence-electron chi connectivity index (χ4n) is 2.49. The zero-order valence-corrected chi connectivity index (χ0v) is 10.4. The summed E-state index contributed by atoms with van der Waals surface area (Å²) >= 11 is 0. The molecule has 0 aromatic carbocycles. The summed E-state index contributed by atoms with van der Waals surface area (Å²) in [7, 11) is 0. The van der Waals surface area contributed by atoms with Gasteiger partial charge in [0.05, 0.1) is 24.3 Å². The smallest absolute Gasteiger partial charge is 0.339 e. The van der Waals surface area contributed by atoms with Crippen LogP contribution in [0.15, 0.2) is 18.9 Å². The average molecular weight is 258 g/mol. The zero-order valence-electron chi connectivity index (χ0n) is 10.4. The van der Waals surface area contributed by atoms with Crippen molar-refractivity contribution >= 4 is 5.97 Å². The number of aromatic nitrogens is 4. The van der Waals surface area contributed by atoms with Gasteiger partial charge in [-0.25, -0.2) is 19.7 Å². The maximum Gasteiger partial charge on any atom is 0.339 e. The number of aromatic carboxylic acids is 1. The van der Waals surface area contributed by atoms with Crippen molar-refractivity contribution in [2.75, 3.05) is 0 Å². The molecular weight excluding hydrogens is 244 g/mol. The maximum absolute atomic E-state index is 11.1. The van der Waals surface area contributed by atoms with Crippen LogP contribution in [0.3, 0.4) is 0 Å². The summed E-state index contributed by atoms with van der Waals surface area (Å²) < 4.78 is 2.00. The molecule has 0 saturated heterocycles. The van der Waals surface area contributed by atoms with Gasteiger partial charge in [0.2, 0.25) is 0 Å². The van der Waals surface area contributed by atoms with Gasteiger partial charge in [-0.15, -0.1) is 0 Å². The summed E-state index contributed by atoms with van der Waals surface area (Å²) in [5.41, 5.74) is 3.02. The van der Waals surface area contributed by atoms with E-state index in [2.05, 4.69) is 15.0 Å². The number of hydrogen-bond acceptors (Lipinski definition) is 4. The van der Waals surface area contributed by atoms with E-state index in [-0.39, 0.29) is 5.56 Å². The van der Waals surface area contributed by atoms with Crippen LogP contribution >= 0.6 is 0 Å². The maximum atomic E-state index is 11.1. The molecule has 6 nitrogen and oxygen atoms in total. The molecule has 0 bridgehead atoms. The van der Waals surface area contributed by atoms with Crippen molar-refractivity contribution in [3.05, 3.63) is 41.5 Å². The highest BCUT2D eigenvalue weighted by atomic mass is 16.4. The van der Waals surface area contributed by atoms with E-state index in [1.54, 1.807) is 6.33 Å². The first-order chi connectivity index (χ1) is 9.25. The summed E-state index contributed by atoms with van der Waals surface area (Å²) in [6.45, 7) is 0.437. The lowest BCUT2D eigenvalue weighted by atomic mass is 10.0. The number of aryl methyl sites for hydroxylation is 1. The number of carbonyl (C=O) groups is 1. The van der Waals surface area contributed by atoms with Crippen LogP contribution < -0.4 is 0 Å². The Kier molecular flexibility index (Phi) is 2.98. The van der Waals surface area contributed by atoms with E-state index < -0.39 is 5.97 Å². The molecule has 1 N–H and O–H groups in total. The Morgan fingerprint density at radius 1 is 1.32 bits per heavy atom. The Hall–Kier alpha value is -2.24. The van der Waals surface area contributed by atoms with Gasteiger partial charge in [-0.3, -0.25) is 0 Å². The minimum Gasteiger partial charge on any atom is -0.478 e. The molecule has 2 heterocycles. The quantitative estimate of drug-likeness (QED) is 0.897. The van der Waals surface area contributed by atoms with Crippen molar-refractivity contribution in [2.24, 2.45) is 0 Å². The minimum atomic E-state index is -0.996. The van der Waals surface area contributed by atoms with Gasteiger partial charge in [-0.05, 0) is 25.7 Å². The van der Waals surface area contributed by atoms with Crippen LogP contribution in [-0.4, -0.2) is 30.6 Å². The largest absolute Gasteiger partial charge is 0.478 e. The summed E-state index contributed by atoms with van der Waals surface area (Å²) in [6, 6.07) is 0. The van der Waals surface area contributed by atoms with E-state index in [4.69, 9.17) is 5.11 Å². The molecule has 1 aliphatic carbocycles. The lowest BCUT2D eigenvalue weighted by Gasteiger charge is -2.14. The van der Waals surface area contributed by atoms with Gasteiger partial charge >= 0.3 is 5.97 Å². The number of imidazole rings is 1. The highest BCUT2D eigenvalue weighted by Gasteiger charge is 2.17. The average Bonchev–Trinajstić information content (AvgIpc) is 2.83. The number of carboxylic acid groups (broad SMARTS) is 1. The second-order valence-corrected chi connectivity index (χ2v) is 4.66. The molecule has 3 rings (SSSR count). The Morgan fingerprint density at radius 3 is 3.00 bits per heavy atom. The van der Waals surface area contributed by atoms with Crippen LogP contribution in [0.25, 0.3) is 0 Å². The molecule has 0 amide bonds. The molecule has 0 fully saturated rings. The second-order valence-electron chi connectivity index (χ2n) is 4.66. The summed E-state index contributed by atoms with van der Waals surface area (Å²) in [5.74, 6) is -0.996. The Balaban J connectivity index is 1.94. The molecule has 0 saturated carbocycles. The Labute approximate surface area is 110 Å². The van der Waals surface area contributed by atoms with Gasteiger partial charge in [0.15, 0.2) is 0 Å². The standard InChI is InChI=1S/C13H14N4O2/c18-13(19)9-5-14-7-15-11(9)6-17-8-16-10-3-1-2-4-12(10)17/h5,7-8H,1-4,6H2,(H,18,19). The zero-order chi connectivity index (χ0) is 13.2. The number of rotatable bonds is 3. The molecule has 0 unspecified atom stereocenters. The normalized spacial score (nSPS) is 14.1. The third-order valence-corrected chi connectivity index (χ3v) is 3.46. The Morgan fingerprint density at radius 2 is 2.16 bits per heavy atom. The van der Waals surface area contributed by atoms with Crippen LogP contribution in [0.2, 0.25) is 0 Å². The van der Waals surface area contributed by atoms with E-state index >= 15 is 0 Å². The van der Waals surface area contributed by atoms with E-state index in [0.717, 1.165) is 25.0 Å². The minimum absolute atomic E-state index is 0.153. The first kappa shape index (κ1) is 11.8. The van der Waals surface area contributed by atoms with Gasteiger partial charge in [0, 0.05) is 11.9 Å². The monoisotopic (exact) mass is 258 g/mol. The summed E-state index contributed by atoms with van der Waals surface area (Å²) in [5, 5.41) is 9.13. The van der Waals surface area contributed by atoms with E-state index in [1.165, 1.54) is 24.6 Å². The topological polar surface area (TPSA) is 80.9 Å². The molecule has 2 aromatic heterocycles. The van der Waals surface area contributed by atoms with Crippen molar-refractivity contribution < 1.29 is 9.90 Å². The molecule has 6 heteroatoms. The lowest BCUT2D eigenvalue weighted by molar-refractivity contribution is 0.0694. The van der Waals surface area contributed by atoms with Crippen molar-refractivity contribution in [3.8, 4) is 0 Å². The van der Waals surface area contributed by atoms with Crippen molar-refractivity contribution in [3.63, 3.8) is 0 Å². The number of fused-ring (bicyclic) bond motifs is 1. The lowest BCUT2D eigenvalue weighted by Crippen LogP contribution is -2.13. The van der Waals surface area contributed by atoms with Crippen LogP contribution in [0.5, 0.6) is 0 Å². The Bertz CT molecular complexity index is 621. The van der Waals surface area contributed by atoms with E-state index in [1.807, 2.05) is 4.57 Å². The van der Waals surface area contributed by atoms with Gasteiger partial charge in [-0.1, -0.05) is 0 Å². The number of nitrogens with zero attached hydrogens (tertiary/aromatic N) is 4. The van der Waals surface area contributed by atoms with E-state index in [0.29, 0.717) is 12.2 Å². The molecule has 2 aromatic rings.